The molecule has 0 fully saturated rings. The Morgan fingerprint density at radius 1 is 0.846 bits per heavy atom. The normalized spacial score (nSPS) is 10.8. The molecule has 4 aromatic rings. The van der Waals surface area contributed by atoms with Gasteiger partial charge >= 0.3 is 0 Å². The fourth-order valence-corrected chi connectivity index (χ4v) is 3.94. The Bertz CT molecular complexity index is 1030. The SMILES string of the molecule is COc1cccc(Oc2ccccc2Br)c1Sc1cc2ccccc2o1. The van der Waals surface area contributed by atoms with Gasteiger partial charge in [-0.1, -0.05) is 36.4 Å². The van der Waals surface area contributed by atoms with Crippen molar-refractivity contribution in [1.82, 2.24) is 0 Å². The van der Waals surface area contributed by atoms with Gasteiger partial charge in [0, 0.05) is 5.39 Å². The van der Waals surface area contributed by atoms with Crippen LogP contribution in [0.5, 0.6) is 17.2 Å². The highest BCUT2D eigenvalue weighted by Gasteiger charge is 2.16. The topological polar surface area (TPSA) is 31.6 Å². The van der Waals surface area contributed by atoms with Crippen molar-refractivity contribution in [2.45, 2.75) is 9.99 Å². The molecule has 0 unspecified atom stereocenters. The molecule has 4 rings (SSSR count). The second-order valence-electron chi connectivity index (χ2n) is 5.53. The molecule has 3 nitrogen and oxygen atoms in total. The van der Waals surface area contributed by atoms with E-state index in [2.05, 4.69) is 15.9 Å². The summed E-state index contributed by atoms with van der Waals surface area (Å²) in [7, 11) is 1.65. The molecule has 0 spiro atoms. The predicted octanol–water partition coefficient (Wildman–Crippen LogP) is 7.15. The van der Waals surface area contributed by atoms with E-state index in [0.29, 0.717) is 5.75 Å². The molecule has 0 N–H and O–H groups in total. The Balaban J connectivity index is 1.73. The lowest BCUT2D eigenvalue weighted by Gasteiger charge is -2.14. The monoisotopic (exact) mass is 426 g/mol. The van der Waals surface area contributed by atoms with E-state index in [9.17, 15) is 0 Å². The third-order valence-electron chi connectivity index (χ3n) is 3.82. The van der Waals surface area contributed by atoms with Gasteiger partial charge in [0.25, 0.3) is 0 Å². The molecule has 5 heteroatoms. The maximum atomic E-state index is 6.14. The lowest BCUT2D eigenvalue weighted by molar-refractivity contribution is 0.393. The highest BCUT2D eigenvalue weighted by molar-refractivity contribution is 9.10. The highest BCUT2D eigenvalue weighted by atomic mass is 79.9. The summed E-state index contributed by atoms with van der Waals surface area (Å²) in [4.78, 5) is 0.866. The van der Waals surface area contributed by atoms with Crippen molar-refractivity contribution in [3.63, 3.8) is 0 Å². The van der Waals surface area contributed by atoms with Gasteiger partial charge in [-0.05, 0) is 64.1 Å². The molecule has 0 aliphatic rings. The third kappa shape index (κ3) is 3.45. The number of hydrogen-bond donors (Lipinski definition) is 0. The molecule has 0 aliphatic heterocycles. The Morgan fingerprint density at radius 3 is 2.38 bits per heavy atom. The van der Waals surface area contributed by atoms with Crippen LogP contribution in [-0.4, -0.2) is 7.11 Å². The molecule has 130 valence electrons. The minimum Gasteiger partial charge on any atom is -0.495 e. The van der Waals surface area contributed by atoms with Crippen LogP contribution in [-0.2, 0) is 0 Å². The molecule has 0 saturated carbocycles. The molecule has 1 heterocycles. The number of halogens is 1. The first-order chi connectivity index (χ1) is 12.7. The maximum Gasteiger partial charge on any atom is 0.166 e. The Hall–Kier alpha value is -2.37. The van der Waals surface area contributed by atoms with E-state index >= 15 is 0 Å². The lowest BCUT2D eigenvalue weighted by Crippen LogP contribution is -1.92. The quantitative estimate of drug-likeness (QED) is 0.339. The van der Waals surface area contributed by atoms with Crippen molar-refractivity contribution in [2.75, 3.05) is 7.11 Å². The van der Waals surface area contributed by atoms with Gasteiger partial charge in [-0.15, -0.1) is 0 Å². The van der Waals surface area contributed by atoms with E-state index < -0.39 is 0 Å². The van der Waals surface area contributed by atoms with E-state index in [1.165, 1.54) is 11.8 Å². The van der Waals surface area contributed by atoms with Crippen LogP contribution in [0.2, 0.25) is 0 Å². The summed E-state index contributed by atoms with van der Waals surface area (Å²) in [5.41, 5.74) is 0.859. The molecular formula is C21H15BrO3S. The van der Waals surface area contributed by atoms with Gasteiger partial charge < -0.3 is 13.9 Å². The van der Waals surface area contributed by atoms with Gasteiger partial charge in [0.15, 0.2) is 5.09 Å². The number of furan rings is 1. The molecule has 0 aliphatic carbocycles. The smallest absolute Gasteiger partial charge is 0.166 e. The van der Waals surface area contributed by atoms with Gasteiger partial charge in [-0.3, -0.25) is 0 Å². The zero-order chi connectivity index (χ0) is 17.9. The summed E-state index contributed by atoms with van der Waals surface area (Å²) in [5, 5.41) is 1.85. The molecule has 26 heavy (non-hydrogen) atoms. The lowest BCUT2D eigenvalue weighted by atomic mass is 10.3. The fourth-order valence-electron chi connectivity index (χ4n) is 2.59. The average molecular weight is 427 g/mol. The summed E-state index contributed by atoms with van der Waals surface area (Å²) in [5.74, 6) is 2.19. The second kappa shape index (κ2) is 7.48. The second-order valence-corrected chi connectivity index (χ2v) is 7.39. The maximum absolute atomic E-state index is 6.14. The first-order valence-electron chi connectivity index (χ1n) is 8.00. The minimum absolute atomic E-state index is 0.710. The molecule has 0 amide bonds. The van der Waals surface area contributed by atoms with Gasteiger partial charge in [0.2, 0.25) is 0 Å². The van der Waals surface area contributed by atoms with Crippen LogP contribution in [0, 0.1) is 0 Å². The van der Waals surface area contributed by atoms with E-state index in [1.54, 1.807) is 7.11 Å². The zero-order valence-corrected chi connectivity index (χ0v) is 16.3. The summed E-state index contributed by atoms with van der Waals surface area (Å²) < 4.78 is 18.5. The van der Waals surface area contributed by atoms with Crippen LogP contribution in [0.15, 0.2) is 91.7 Å². The molecule has 0 saturated heterocycles. The van der Waals surface area contributed by atoms with E-state index in [1.807, 2.05) is 72.8 Å². The number of rotatable bonds is 5. The van der Waals surface area contributed by atoms with Crippen LogP contribution in [0.4, 0.5) is 0 Å². The molecule has 3 aromatic carbocycles. The molecule has 0 radical (unpaired) electrons. The number of hydrogen-bond acceptors (Lipinski definition) is 4. The van der Waals surface area contributed by atoms with Crippen LogP contribution in [0.25, 0.3) is 11.0 Å². The largest absolute Gasteiger partial charge is 0.495 e. The van der Waals surface area contributed by atoms with Crippen molar-refractivity contribution in [3.05, 3.63) is 77.3 Å². The van der Waals surface area contributed by atoms with Crippen LogP contribution in [0.1, 0.15) is 0 Å². The van der Waals surface area contributed by atoms with Crippen molar-refractivity contribution < 1.29 is 13.9 Å². The van der Waals surface area contributed by atoms with Crippen molar-refractivity contribution in [3.8, 4) is 17.2 Å². The van der Waals surface area contributed by atoms with Crippen molar-refractivity contribution in [2.24, 2.45) is 0 Å². The van der Waals surface area contributed by atoms with E-state index in [0.717, 1.165) is 36.9 Å². The van der Waals surface area contributed by atoms with Gasteiger partial charge in [-0.25, -0.2) is 0 Å². The molecule has 0 bridgehead atoms. The predicted molar refractivity (Wildman–Crippen MR) is 108 cm³/mol. The zero-order valence-electron chi connectivity index (χ0n) is 13.9. The minimum atomic E-state index is 0.710. The first-order valence-corrected chi connectivity index (χ1v) is 9.61. The van der Waals surface area contributed by atoms with Gasteiger partial charge in [0.05, 0.1) is 16.5 Å². The summed E-state index contributed by atoms with van der Waals surface area (Å²) in [6, 6.07) is 23.5. The van der Waals surface area contributed by atoms with E-state index in [4.69, 9.17) is 13.9 Å². The van der Waals surface area contributed by atoms with Crippen LogP contribution >= 0.6 is 27.7 Å². The van der Waals surface area contributed by atoms with E-state index in [-0.39, 0.29) is 0 Å². The number of methoxy groups -OCH3 is 1. The van der Waals surface area contributed by atoms with Gasteiger partial charge in [0.1, 0.15) is 22.8 Å². The number of ether oxygens (including phenoxy) is 2. The van der Waals surface area contributed by atoms with Crippen molar-refractivity contribution >= 4 is 38.7 Å². The summed E-state index contributed by atoms with van der Waals surface area (Å²) in [6.07, 6.45) is 0. The van der Waals surface area contributed by atoms with Crippen LogP contribution < -0.4 is 9.47 Å². The van der Waals surface area contributed by atoms with Gasteiger partial charge in [-0.2, -0.15) is 0 Å². The summed E-state index contributed by atoms with van der Waals surface area (Å²) >= 11 is 5.01. The number of benzene rings is 3. The number of para-hydroxylation sites is 2. The Morgan fingerprint density at radius 2 is 1.58 bits per heavy atom. The molecule has 0 atom stereocenters. The Kier molecular flexibility index (Phi) is 4.91. The molecule has 1 aromatic heterocycles. The summed E-state index contributed by atoms with van der Waals surface area (Å²) in [6.45, 7) is 0. The standard InChI is InChI=1S/C21H15BrO3S/c1-23-18-11-6-12-19(24-17-10-5-3-8-15(17)22)21(18)26-20-13-14-7-2-4-9-16(14)25-20/h2-13H,1H3. The van der Waals surface area contributed by atoms with Crippen molar-refractivity contribution in [1.29, 1.82) is 0 Å². The fraction of sp³-hybridized carbons (Fsp3) is 0.0476. The average Bonchev–Trinajstić information content (AvgIpc) is 3.07. The first kappa shape index (κ1) is 17.1. The van der Waals surface area contributed by atoms with Crippen LogP contribution in [0.3, 0.4) is 0 Å². The highest BCUT2D eigenvalue weighted by Crippen LogP contribution is 2.45. The number of fused-ring (bicyclic) bond motifs is 1. The molecular weight excluding hydrogens is 412 g/mol. The Labute approximate surface area is 164 Å². The third-order valence-corrected chi connectivity index (χ3v) is 5.49.